The second-order valence-corrected chi connectivity index (χ2v) is 5.84. The van der Waals surface area contributed by atoms with Crippen molar-refractivity contribution in [2.75, 3.05) is 6.54 Å². The number of pyridine rings is 1. The molecule has 1 aliphatic carbocycles. The highest BCUT2D eigenvalue weighted by molar-refractivity contribution is 5.81. The lowest BCUT2D eigenvalue weighted by molar-refractivity contribution is 0.421. The van der Waals surface area contributed by atoms with E-state index in [1.54, 1.807) is 0 Å². The zero-order chi connectivity index (χ0) is 13.1. The van der Waals surface area contributed by atoms with Crippen LogP contribution in [-0.2, 0) is 6.54 Å². The SMILES string of the molecule is CCCC1(CNCc2ccnc3ccccc23)CC1. The molecule has 2 nitrogen and oxygen atoms in total. The first-order valence-electron chi connectivity index (χ1n) is 7.36. The van der Waals surface area contributed by atoms with Crippen LogP contribution in [-0.4, -0.2) is 11.5 Å². The molecule has 100 valence electrons. The summed E-state index contributed by atoms with van der Waals surface area (Å²) >= 11 is 0. The Hall–Kier alpha value is -1.41. The first-order chi connectivity index (χ1) is 9.33. The highest BCUT2D eigenvalue weighted by Crippen LogP contribution is 2.48. The van der Waals surface area contributed by atoms with Crippen LogP contribution in [0.4, 0.5) is 0 Å². The van der Waals surface area contributed by atoms with Crippen LogP contribution in [0.5, 0.6) is 0 Å². The van der Waals surface area contributed by atoms with Crippen LogP contribution in [0.2, 0.25) is 0 Å². The van der Waals surface area contributed by atoms with Gasteiger partial charge in [-0.05, 0) is 42.4 Å². The Morgan fingerprint density at radius 3 is 2.84 bits per heavy atom. The zero-order valence-electron chi connectivity index (χ0n) is 11.7. The molecule has 1 heterocycles. The van der Waals surface area contributed by atoms with Crippen molar-refractivity contribution in [3.8, 4) is 0 Å². The van der Waals surface area contributed by atoms with Gasteiger partial charge in [-0.1, -0.05) is 31.5 Å². The summed E-state index contributed by atoms with van der Waals surface area (Å²) in [7, 11) is 0. The van der Waals surface area contributed by atoms with Gasteiger partial charge < -0.3 is 5.32 Å². The average molecular weight is 254 g/mol. The lowest BCUT2D eigenvalue weighted by Gasteiger charge is -2.15. The molecule has 0 aliphatic heterocycles. The Kier molecular flexibility index (Phi) is 3.52. The van der Waals surface area contributed by atoms with Crippen LogP contribution in [0.25, 0.3) is 10.9 Å². The molecule has 1 N–H and O–H groups in total. The van der Waals surface area contributed by atoms with Gasteiger partial charge >= 0.3 is 0 Å². The highest BCUT2D eigenvalue weighted by atomic mass is 14.9. The minimum atomic E-state index is 0.623. The number of nitrogens with one attached hydrogen (secondary N) is 1. The minimum Gasteiger partial charge on any atom is -0.312 e. The Balaban J connectivity index is 1.66. The third-order valence-electron chi connectivity index (χ3n) is 4.29. The Morgan fingerprint density at radius 1 is 1.21 bits per heavy atom. The van der Waals surface area contributed by atoms with Gasteiger partial charge in [0.15, 0.2) is 0 Å². The summed E-state index contributed by atoms with van der Waals surface area (Å²) in [6.45, 7) is 4.41. The predicted octanol–water partition coefficient (Wildman–Crippen LogP) is 3.90. The molecule has 1 fully saturated rings. The number of nitrogens with zero attached hydrogens (tertiary/aromatic N) is 1. The van der Waals surface area contributed by atoms with E-state index in [1.165, 1.54) is 36.6 Å². The van der Waals surface area contributed by atoms with E-state index in [1.807, 2.05) is 12.3 Å². The topological polar surface area (TPSA) is 24.9 Å². The fourth-order valence-electron chi connectivity index (χ4n) is 2.99. The maximum Gasteiger partial charge on any atom is 0.0705 e. The van der Waals surface area contributed by atoms with Crippen molar-refractivity contribution in [3.63, 3.8) is 0 Å². The van der Waals surface area contributed by atoms with Crippen LogP contribution in [0.3, 0.4) is 0 Å². The van der Waals surface area contributed by atoms with Crippen molar-refractivity contribution in [1.82, 2.24) is 10.3 Å². The van der Waals surface area contributed by atoms with Gasteiger partial charge in [0.2, 0.25) is 0 Å². The van der Waals surface area contributed by atoms with E-state index < -0.39 is 0 Å². The molecule has 0 radical (unpaired) electrons. The van der Waals surface area contributed by atoms with Gasteiger partial charge in [0.1, 0.15) is 0 Å². The average Bonchev–Trinajstić information content (AvgIpc) is 3.19. The van der Waals surface area contributed by atoms with Gasteiger partial charge in [0.25, 0.3) is 0 Å². The molecule has 1 aromatic carbocycles. The highest BCUT2D eigenvalue weighted by Gasteiger charge is 2.40. The second-order valence-electron chi connectivity index (χ2n) is 5.84. The molecule has 2 heteroatoms. The van der Waals surface area contributed by atoms with Crippen LogP contribution in [0, 0.1) is 5.41 Å². The van der Waals surface area contributed by atoms with E-state index in [4.69, 9.17) is 0 Å². The zero-order valence-corrected chi connectivity index (χ0v) is 11.7. The summed E-state index contributed by atoms with van der Waals surface area (Å²) in [5, 5.41) is 4.93. The lowest BCUT2D eigenvalue weighted by Crippen LogP contribution is -2.23. The molecule has 0 unspecified atom stereocenters. The summed E-state index contributed by atoms with van der Waals surface area (Å²) in [6.07, 6.45) is 7.41. The summed E-state index contributed by atoms with van der Waals surface area (Å²) in [4.78, 5) is 4.41. The quantitative estimate of drug-likeness (QED) is 0.845. The minimum absolute atomic E-state index is 0.623. The summed E-state index contributed by atoms with van der Waals surface area (Å²) in [5.74, 6) is 0. The van der Waals surface area contributed by atoms with Crippen LogP contribution >= 0.6 is 0 Å². The van der Waals surface area contributed by atoms with Crippen molar-refractivity contribution in [2.45, 2.75) is 39.2 Å². The van der Waals surface area contributed by atoms with E-state index in [-0.39, 0.29) is 0 Å². The maximum atomic E-state index is 4.41. The summed E-state index contributed by atoms with van der Waals surface area (Å²) in [6, 6.07) is 10.5. The van der Waals surface area contributed by atoms with Crippen molar-refractivity contribution in [1.29, 1.82) is 0 Å². The summed E-state index contributed by atoms with van der Waals surface area (Å²) < 4.78 is 0. The van der Waals surface area contributed by atoms with E-state index in [9.17, 15) is 0 Å². The Bertz CT molecular complexity index is 553. The number of hydrogen-bond acceptors (Lipinski definition) is 2. The van der Waals surface area contributed by atoms with E-state index >= 15 is 0 Å². The van der Waals surface area contributed by atoms with Crippen LogP contribution in [0.15, 0.2) is 36.5 Å². The van der Waals surface area contributed by atoms with Crippen LogP contribution in [0.1, 0.15) is 38.2 Å². The van der Waals surface area contributed by atoms with Crippen molar-refractivity contribution < 1.29 is 0 Å². The van der Waals surface area contributed by atoms with Gasteiger partial charge in [-0.3, -0.25) is 4.98 Å². The van der Waals surface area contributed by atoms with Gasteiger partial charge in [-0.25, -0.2) is 0 Å². The number of fused-ring (bicyclic) bond motifs is 1. The molecule has 0 bridgehead atoms. The molecule has 0 saturated heterocycles. The molecule has 2 aromatic rings. The number of aromatic nitrogens is 1. The summed E-state index contributed by atoms with van der Waals surface area (Å²) in [5.41, 5.74) is 3.08. The number of hydrogen-bond donors (Lipinski definition) is 1. The molecular weight excluding hydrogens is 232 g/mol. The number of rotatable bonds is 6. The fourth-order valence-corrected chi connectivity index (χ4v) is 2.99. The van der Waals surface area contributed by atoms with Crippen LogP contribution < -0.4 is 5.32 Å². The Morgan fingerprint density at radius 2 is 2.05 bits per heavy atom. The first-order valence-corrected chi connectivity index (χ1v) is 7.36. The van der Waals surface area contributed by atoms with E-state index in [0.29, 0.717) is 5.41 Å². The van der Waals surface area contributed by atoms with Gasteiger partial charge in [-0.15, -0.1) is 0 Å². The molecule has 0 atom stereocenters. The third kappa shape index (κ3) is 2.79. The second kappa shape index (κ2) is 5.30. The van der Waals surface area contributed by atoms with E-state index in [2.05, 4.69) is 41.5 Å². The van der Waals surface area contributed by atoms with Gasteiger partial charge in [0.05, 0.1) is 5.52 Å². The normalized spacial score (nSPS) is 16.7. The van der Waals surface area contributed by atoms with Crippen molar-refractivity contribution in [3.05, 3.63) is 42.1 Å². The first kappa shape index (κ1) is 12.6. The van der Waals surface area contributed by atoms with Gasteiger partial charge in [0, 0.05) is 24.7 Å². The molecule has 19 heavy (non-hydrogen) atoms. The standard InChI is InChI=1S/C17H22N2/c1-2-8-17(9-10-17)13-18-12-14-7-11-19-16-6-4-3-5-15(14)16/h3-7,11,18H,2,8-10,12-13H2,1H3. The fraction of sp³-hybridized carbons (Fsp3) is 0.471. The molecule has 1 saturated carbocycles. The molecule has 1 aromatic heterocycles. The largest absolute Gasteiger partial charge is 0.312 e. The molecule has 3 rings (SSSR count). The Labute approximate surface area is 115 Å². The number of benzene rings is 1. The van der Waals surface area contributed by atoms with Crippen molar-refractivity contribution in [2.24, 2.45) is 5.41 Å². The van der Waals surface area contributed by atoms with Crippen molar-refractivity contribution >= 4 is 10.9 Å². The maximum absolute atomic E-state index is 4.41. The molecule has 1 aliphatic rings. The monoisotopic (exact) mass is 254 g/mol. The number of para-hydroxylation sites is 1. The van der Waals surface area contributed by atoms with E-state index in [0.717, 1.165) is 18.6 Å². The lowest BCUT2D eigenvalue weighted by atomic mass is 10.0. The molecular formula is C17H22N2. The van der Waals surface area contributed by atoms with Gasteiger partial charge in [-0.2, -0.15) is 0 Å². The molecule has 0 amide bonds. The smallest absolute Gasteiger partial charge is 0.0705 e. The predicted molar refractivity (Wildman–Crippen MR) is 80.0 cm³/mol. The third-order valence-corrected chi connectivity index (χ3v) is 4.29. The molecule has 0 spiro atoms.